The molecular weight excluding hydrogens is 234 g/mol. The Bertz CT molecular complexity index is 497. The Hall–Kier alpha value is -1.48. The molecule has 0 radical (unpaired) electrons. The quantitative estimate of drug-likeness (QED) is 0.782. The number of hydrogen-bond acceptors (Lipinski definition) is 3. The maximum atomic E-state index is 6.12. The van der Waals surface area contributed by atoms with Crippen molar-refractivity contribution in [2.45, 2.75) is 26.2 Å². The predicted molar refractivity (Wildman–Crippen MR) is 68.2 cm³/mol. The summed E-state index contributed by atoms with van der Waals surface area (Å²) in [5.41, 5.74) is 2.96. The zero-order chi connectivity index (χ0) is 12.3. The fourth-order valence-electron chi connectivity index (χ4n) is 1.79. The standard InChI is InChI=1S/C13H14ClN3/c1-9(2)12-11(16-8-17-13(12)14)7-10-5-3-4-6-15-10/h3-6,8-9H,7H2,1-2H3. The maximum absolute atomic E-state index is 6.12. The van der Waals surface area contributed by atoms with E-state index in [2.05, 4.69) is 28.8 Å². The van der Waals surface area contributed by atoms with Gasteiger partial charge < -0.3 is 0 Å². The van der Waals surface area contributed by atoms with Crippen LogP contribution in [0.15, 0.2) is 30.7 Å². The van der Waals surface area contributed by atoms with E-state index in [0.717, 1.165) is 17.0 Å². The van der Waals surface area contributed by atoms with E-state index < -0.39 is 0 Å². The van der Waals surface area contributed by atoms with Crippen LogP contribution in [0.4, 0.5) is 0 Å². The van der Waals surface area contributed by atoms with E-state index in [1.807, 2.05) is 18.2 Å². The lowest BCUT2D eigenvalue weighted by Gasteiger charge is -2.12. The van der Waals surface area contributed by atoms with Crippen LogP contribution in [0.25, 0.3) is 0 Å². The third-order valence-electron chi connectivity index (χ3n) is 2.57. The van der Waals surface area contributed by atoms with Gasteiger partial charge in [-0.1, -0.05) is 31.5 Å². The smallest absolute Gasteiger partial charge is 0.136 e. The maximum Gasteiger partial charge on any atom is 0.136 e. The lowest BCUT2D eigenvalue weighted by Crippen LogP contribution is -2.04. The van der Waals surface area contributed by atoms with Crippen molar-refractivity contribution in [1.29, 1.82) is 0 Å². The highest BCUT2D eigenvalue weighted by Crippen LogP contribution is 2.25. The first-order chi connectivity index (χ1) is 8.18. The molecule has 0 spiro atoms. The number of pyridine rings is 1. The lowest BCUT2D eigenvalue weighted by atomic mass is 10.0. The van der Waals surface area contributed by atoms with Crippen molar-refractivity contribution >= 4 is 11.6 Å². The number of rotatable bonds is 3. The van der Waals surface area contributed by atoms with E-state index in [1.165, 1.54) is 6.33 Å². The molecule has 0 atom stereocenters. The monoisotopic (exact) mass is 247 g/mol. The number of aromatic nitrogens is 3. The third-order valence-corrected chi connectivity index (χ3v) is 2.87. The van der Waals surface area contributed by atoms with Crippen LogP contribution in [0.1, 0.15) is 36.7 Å². The molecule has 2 aromatic rings. The second-order valence-corrected chi connectivity index (χ2v) is 4.54. The summed E-state index contributed by atoms with van der Waals surface area (Å²) in [7, 11) is 0. The van der Waals surface area contributed by atoms with Gasteiger partial charge >= 0.3 is 0 Å². The van der Waals surface area contributed by atoms with Crippen molar-refractivity contribution in [2.24, 2.45) is 0 Å². The summed E-state index contributed by atoms with van der Waals surface area (Å²) in [4.78, 5) is 12.7. The fraction of sp³-hybridized carbons (Fsp3) is 0.308. The van der Waals surface area contributed by atoms with Crippen LogP contribution >= 0.6 is 11.6 Å². The molecule has 0 N–H and O–H groups in total. The molecule has 2 aromatic heterocycles. The van der Waals surface area contributed by atoms with Crippen molar-refractivity contribution < 1.29 is 0 Å². The highest BCUT2D eigenvalue weighted by Gasteiger charge is 2.13. The van der Waals surface area contributed by atoms with Gasteiger partial charge in [0.2, 0.25) is 0 Å². The first-order valence-electron chi connectivity index (χ1n) is 5.57. The van der Waals surface area contributed by atoms with Crippen LogP contribution in [-0.4, -0.2) is 15.0 Å². The molecule has 0 saturated carbocycles. The summed E-state index contributed by atoms with van der Waals surface area (Å²) in [5, 5.41) is 0.543. The van der Waals surface area contributed by atoms with Gasteiger partial charge in [-0.2, -0.15) is 0 Å². The summed E-state index contributed by atoms with van der Waals surface area (Å²) in [6, 6.07) is 5.86. The average Bonchev–Trinajstić information content (AvgIpc) is 2.30. The molecule has 0 bridgehead atoms. The van der Waals surface area contributed by atoms with Gasteiger partial charge in [0, 0.05) is 23.9 Å². The minimum atomic E-state index is 0.308. The normalized spacial score (nSPS) is 10.8. The molecule has 88 valence electrons. The molecule has 0 aliphatic rings. The van der Waals surface area contributed by atoms with Crippen LogP contribution in [0.3, 0.4) is 0 Å². The van der Waals surface area contributed by atoms with Crippen LogP contribution in [0.5, 0.6) is 0 Å². The van der Waals surface area contributed by atoms with Crippen LogP contribution in [-0.2, 0) is 6.42 Å². The molecule has 0 aliphatic carbocycles. The predicted octanol–water partition coefficient (Wildman–Crippen LogP) is 3.24. The van der Waals surface area contributed by atoms with E-state index in [9.17, 15) is 0 Å². The summed E-state index contributed by atoms with van der Waals surface area (Å²) < 4.78 is 0. The summed E-state index contributed by atoms with van der Waals surface area (Å²) in [6.07, 6.45) is 3.98. The van der Waals surface area contributed by atoms with Gasteiger partial charge in [0.15, 0.2) is 0 Å². The van der Waals surface area contributed by atoms with E-state index in [4.69, 9.17) is 11.6 Å². The zero-order valence-corrected chi connectivity index (χ0v) is 10.6. The average molecular weight is 248 g/mol. The second-order valence-electron chi connectivity index (χ2n) is 4.18. The minimum absolute atomic E-state index is 0.308. The number of hydrogen-bond donors (Lipinski definition) is 0. The fourth-order valence-corrected chi connectivity index (χ4v) is 2.16. The van der Waals surface area contributed by atoms with Crippen molar-refractivity contribution in [3.8, 4) is 0 Å². The number of nitrogens with zero attached hydrogens (tertiary/aromatic N) is 3. The molecule has 2 heterocycles. The Balaban J connectivity index is 2.36. The molecule has 4 heteroatoms. The molecule has 0 amide bonds. The van der Waals surface area contributed by atoms with E-state index in [1.54, 1.807) is 6.20 Å². The SMILES string of the molecule is CC(C)c1c(Cl)ncnc1Cc1ccccn1. The Labute approximate surface area is 106 Å². The summed E-state index contributed by atoms with van der Waals surface area (Å²) >= 11 is 6.12. The van der Waals surface area contributed by atoms with E-state index in [-0.39, 0.29) is 0 Å². The van der Waals surface area contributed by atoms with Gasteiger partial charge in [0.05, 0.1) is 5.69 Å². The first-order valence-corrected chi connectivity index (χ1v) is 5.95. The van der Waals surface area contributed by atoms with Gasteiger partial charge in [-0.3, -0.25) is 4.98 Å². The van der Waals surface area contributed by atoms with Crippen LogP contribution in [0, 0.1) is 0 Å². The van der Waals surface area contributed by atoms with E-state index >= 15 is 0 Å². The molecule has 17 heavy (non-hydrogen) atoms. The summed E-state index contributed by atoms with van der Waals surface area (Å²) in [5.74, 6) is 0.308. The molecule has 0 aromatic carbocycles. The van der Waals surface area contributed by atoms with Crippen molar-refractivity contribution in [3.05, 3.63) is 52.8 Å². The molecule has 3 nitrogen and oxygen atoms in total. The molecular formula is C13H14ClN3. The van der Waals surface area contributed by atoms with Crippen molar-refractivity contribution in [2.75, 3.05) is 0 Å². The van der Waals surface area contributed by atoms with Gasteiger partial charge in [-0.05, 0) is 18.1 Å². The van der Waals surface area contributed by atoms with Gasteiger partial charge in [0.1, 0.15) is 11.5 Å². The Kier molecular flexibility index (Phi) is 3.69. The van der Waals surface area contributed by atoms with Crippen LogP contribution < -0.4 is 0 Å². The highest BCUT2D eigenvalue weighted by molar-refractivity contribution is 6.30. The Morgan fingerprint density at radius 2 is 2.00 bits per heavy atom. The van der Waals surface area contributed by atoms with Crippen molar-refractivity contribution in [1.82, 2.24) is 15.0 Å². The lowest BCUT2D eigenvalue weighted by molar-refractivity contribution is 0.811. The van der Waals surface area contributed by atoms with Gasteiger partial charge in [-0.15, -0.1) is 0 Å². The van der Waals surface area contributed by atoms with Crippen molar-refractivity contribution in [3.63, 3.8) is 0 Å². The molecule has 0 unspecified atom stereocenters. The molecule has 2 rings (SSSR count). The van der Waals surface area contributed by atoms with Gasteiger partial charge in [-0.25, -0.2) is 9.97 Å². The van der Waals surface area contributed by atoms with Crippen LogP contribution in [0.2, 0.25) is 5.15 Å². The Morgan fingerprint density at radius 3 is 2.65 bits per heavy atom. The first kappa shape index (κ1) is 12.0. The molecule has 0 saturated heterocycles. The Morgan fingerprint density at radius 1 is 1.18 bits per heavy atom. The number of halogens is 1. The van der Waals surface area contributed by atoms with E-state index in [0.29, 0.717) is 17.5 Å². The topological polar surface area (TPSA) is 38.7 Å². The second kappa shape index (κ2) is 5.23. The molecule has 0 aliphatic heterocycles. The zero-order valence-electron chi connectivity index (χ0n) is 9.89. The highest BCUT2D eigenvalue weighted by atomic mass is 35.5. The van der Waals surface area contributed by atoms with Gasteiger partial charge in [0.25, 0.3) is 0 Å². The minimum Gasteiger partial charge on any atom is -0.261 e. The summed E-state index contributed by atoms with van der Waals surface area (Å²) in [6.45, 7) is 4.18. The molecule has 0 fully saturated rings. The largest absolute Gasteiger partial charge is 0.261 e. The third kappa shape index (κ3) is 2.80.